The van der Waals surface area contributed by atoms with E-state index in [9.17, 15) is 13.6 Å². The van der Waals surface area contributed by atoms with Crippen LogP contribution in [0.1, 0.15) is 32.4 Å². The van der Waals surface area contributed by atoms with E-state index in [2.05, 4.69) is 16.8 Å². The summed E-state index contributed by atoms with van der Waals surface area (Å²) in [5, 5.41) is 4.47. The number of allylic oxidation sites excluding steroid dienone is 3. The van der Waals surface area contributed by atoms with Crippen molar-refractivity contribution >= 4 is 35.8 Å². The number of aryl methyl sites for hydroxylation is 1. The van der Waals surface area contributed by atoms with Gasteiger partial charge in [-0.3, -0.25) is 19.4 Å². The van der Waals surface area contributed by atoms with E-state index < -0.39 is 11.8 Å². The summed E-state index contributed by atoms with van der Waals surface area (Å²) in [7, 11) is 1.80. The molecule has 2 rings (SSSR count). The fraction of sp³-hybridized carbons (Fsp3) is 0.526. The molecule has 148 valence electrons. The van der Waals surface area contributed by atoms with E-state index in [4.69, 9.17) is 0 Å². The van der Waals surface area contributed by atoms with Crippen LogP contribution in [-0.4, -0.2) is 46.4 Å². The number of halogens is 2. The number of anilines is 1. The molecular weight excluding hydrogens is 370 g/mol. The lowest BCUT2D eigenvalue weighted by Crippen LogP contribution is -2.32. The van der Waals surface area contributed by atoms with Crippen LogP contribution in [0.25, 0.3) is 5.57 Å². The highest BCUT2D eigenvalue weighted by Crippen LogP contribution is 2.50. The van der Waals surface area contributed by atoms with Gasteiger partial charge in [0.05, 0.1) is 5.69 Å². The fourth-order valence-electron chi connectivity index (χ4n) is 2.67. The predicted octanol–water partition coefficient (Wildman–Crippen LogP) is 4.17. The second-order valence-corrected chi connectivity index (χ2v) is 7.66. The first-order valence-electron chi connectivity index (χ1n) is 8.89. The fourth-order valence-corrected chi connectivity index (χ4v) is 3.80. The van der Waals surface area contributed by atoms with Crippen molar-refractivity contribution in [3.8, 4) is 0 Å². The summed E-state index contributed by atoms with van der Waals surface area (Å²) >= 11 is 1.42. The summed E-state index contributed by atoms with van der Waals surface area (Å²) in [4.78, 5) is 17.9. The Labute approximate surface area is 163 Å². The highest BCUT2D eigenvalue weighted by atomic mass is 32.2. The third-order valence-electron chi connectivity index (χ3n) is 4.43. The highest BCUT2D eigenvalue weighted by molar-refractivity contribution is 7.99. The molecule has 1 aliphatic rings. The number of alkyl halides is 2. The number of carbonyl (C=O) groups is 1. The molecule has 5 nitrogen and oxygen atoms in total. The number of amides is 1. The first-order chi connectivity index (χ1) is 12.8. The van der Waals surface area contributed by atoms with Crippen molar-refractivity contribution in [3.05, 3.63) is 30.1 Å². The minimum absolute atomic E-state index is 0.0161. The molecule has 0 aliphatic heterocycles. The van der Waals surface area contributed by atoms with E-state index in [0.717, 1.165) is 17.1 Å². The Balaban J connectivity index is 1.95. The molecule has 1 saturated carbocycles. The summed E-state index contributed by atoms with van der Waals surface area (Å²) in [5.74, 6) is -1.35. The highest BCUT2D eigenvalue weighted by Gasteiger charge is 2.56. The largest absolute Gasteiger partial charge is 0.297 e. The van der Waals surface area contributed by atoms with Crippen LogP contribution in [0.2, 0.25) is 0 Å². The second-order valence-electron chi connectivity index (χ2n) is 6.51. The lowest BCUT2D eigenvalue weighted by molar-refractivity contribution is -0.118. The van der Waals surface area contributed by atoms with Crippen molar-refractivity contribution in [2.75, 3.05) is 23.0 Å². The van der Waals surface area contributed by atoms with Crippen LogP contribution in [0.3, 0.4) is 0 Å². The van der Waals surface area contributed by atoms with E-state index in [1.165, 1.54) is 11.8 Å². The van der Waals surface area contributed by atoms with Crippen LogP contribution in [0.15, 0.2) is 29.4 Å². The minimum Gasteiger partial charge on any atom is -0.297 e. The molecule has 1 amide bonds. The van der Waals surface area contributed by atoms with E-state index >= 15 is 0 Å². The van der Waals surface area contributed by atoms with E-state index in [1.807, 2.05) is 26.0 Å². The van der Waals surface area contributed by atoms with Crippen molar-refractivity contribution in [1.29, 1.82) is 0 Å². The first kappa shape index (κ1) is 21.3. The second kappa shape index (κ2) is 9.30. The van der Waals surface area contributed by atoms with Gasteiger partial charge in [0.25, 0.3) is 5.92 Å². The first-order valence-corrected chi connectivity index (χ1v) is 10.0. The Kier molecular flexibility index (Phi) is 7.35. The van der Waals surface area contributed by atoms with Crippen LogP contribution >= 0.6 is 11.8 Å². The maximum atomic E-state index is 12.9. The Morgan fingerprint density at radius 2 is 2.30 bits per heavy atom. The number of hydrogen-bond acceptors (Lipinski definition) is 4. The molecule has 0 aromatic carbocycles. The van der Waals surface area contributed by atoms with Crippen LogP contribution in [0.4, 0.5) is 14.6 Å². The van der Waals surface area contributed by atoms with Gasteiger partial charge in [-0.25, -0.2) is 8.78 Å². The van der Waals surface area contributed by atoms with Crippen LogP contribution < -0.4 is 4.90 Å². The molecule has 8 heteroatoms. The van der Waals surface area contributed by atoms with E-state index in [-0.39, 0.29) is 12.3 Å². The van der Waals surface area contributed by atoms with Crippen molar-refractivity contribution in [2.24, 2.45) is 18.0 Å². The van der Waals surface area contributed by atoms with Gasteiger partial charge in [-0.2, -0.15) is 16.9 Å². The maximum absolute atomic E-state index is 12.9. The van der Waals surface area contributed by atoms with Gasteiger partial charge < -0.3 is 0 Å². The average molecular weight is 397 g/mol. The van der Waals surface area contributed by atoms with Gasteiger partial charge in [0, 0.05) is 56.1 Å². The van der Waals surface area contributed by atoms with Gasteiger partial charge in [0.15, 0.2) is 0 Å². The number of aromatic nitrogens is 2. The van der Waals surface area contributed by atoms with Crippen LogP contribution in [-0.2, 0) is 11.8 Å². The van der Waals surface area contributed by atoms with Crippen molar-refractivity contribution in [3.63, 3.8) is 0 Å². The molecule has 0 radical (unpaired) electrons. The number of carbonyl (C=O) groups excluding carboxylic acids is 1. The molecule has 1 aliphatic carbocycles. The topological polar surface area (TPSA) is 50.5 Å². The molecule has 1 atom stereocenters. The molecule has 1 aromatic rings. The van der Waals surface area contributed by atoms with E-state index in [0.29, 0.717) is 24.5 Å². The zero-order valence-electron chi connectivity index (χ0n) is 16.0. The lowest BCUT2D eigenvalue weighted by atomic mass is 10.2. The van der Waals surface area contributed by atoms with Gasteiger partial charge >= 0.3 is 0 Å². The molecule has 1 unspecified atom stereocenters. The molecule has 0 saturated heterocycles. The number of hydrogen-bond donors (Lipinski definition) is 0. The van der Waals surface area contributed by atoms with Gasteiger partial charge in [0.2, 0.25) is 5.91 Å². The average Bonchev–Trinajstić information content (AvgIpc) is 3.04. The summed E-state index contributed by atoms with van der Waals surface area (Å²) < 4.78 is 27.4. The molecular formula is C19H26F2N4OS. The van der Waals surface area contributed by atoms with E-state index in [1.54, 1.807) is 28.9 Å². The molecule has 1 heterocycles. The SMILES string of the molecule is C=N/C=C\C=C(/C)c1cc(N(CC)C(=O)CCSCC2CC2(F)F)n(C)n1. The van der Waals surface area contributed by atoms with Gasteiger partial charge in [0.1, 0.15) is 5.82 Å². The smallest absolute Gasteiger partial charge is 0.252 e. The maximum Gasteiger partial charge on any atom is 0.252 e. The standard InChI is InChI=1S/C19H26F2N4OS/c1-5-25(18(26)8-10-27-13-15-12-19(15,20)21)17-11-16(23-24(17)4)14(2)7-6-9-22-3/h6-7,9,11,15H,3,5,8,10,12-13H2,1-2,4H3/b9-6-,14-7+. The van der Waals surface area contributed by atoms with Gasteiger partial charge in [-0.1, -0.05) is 6.08 Å². The van der Waals surface area contributed by atoms with Crippen molar-refractivity contribution < 1.29 is 13.6 Å². The van der Waals surface area contributed by atoms with Crippen molar-refractivity contribution in [1.82, 2.24) is 9.78 Å². The molecule has 0 spiro atoms. The number of thioether (sulfide) groups is 1. The van der Waals surface area contributed by atoms with Crippen molar-refractivity contribution in [2.45, 2.75) is 32.6 Å². The van der Waals surface area contributed by atoms with Gasteiger partial charge in [-0.05, 0) is 32.2 Å². The Bertz CT molecular complexity index is 742. The Hall–Kier alpha value is -1.96. The molecule has 0 bridgehead atoms. The summed E-state index contributed by atoms with van der Waals surface area (Å²) in [6, 6.07) is 1.88. The molecule has 1 fully saturated rings. The van der Waals surface area contributed by atoms with Gasteiger partial charge in [-0.15, -0.1) is 0 Å². The zero-order valence-corrected chi connectivity index (χ0v) is 16.8. The normalized spacial score (nSPS) is 18.7. The number of aliphatic imine (C=N–C) groups is 1. The summed E-state index contributed by atoms with van der Waals surface area (Å²) in [6.07, 6.45) is 5.55. The summed E-state index contributed by atoms with van der Waals surface area (Å²) in [6.45, 7) is 7.74. The Morgan fingerprint density at radius 3 is 2.89 bits per heavy atom. The molecule has 1 aromatic heterocycles. The third-order valence-corrected chi connectivity index (χ3v) is 5.56. The number of nitrogens with zero attached hydrogens (tertiary/aromatic N) is 4. The van der Waals surface area contributed by atoms with Crippen LogP contribution in [0.5, 0.6) is 0 Å². The van der Waals surface area contributed by atoms with Crippen LogP contribution in [0, 0.1) is 5.92 Å². The third kappa shape index (κ3) is 5.76. The number of rotatable bonds is 10. The quantitative estimate of drug-likeness (QED) is 0.339. The summed E-state index contributed by atoms with van der Waals surface area (Å²) in [5.41, 5.74) is 1.72. The predicted molar refractivity (Wildman–Crippen MR) is 109 cm³/mol. The monoisotopic (exact) mass is 396 g/mol. The molecule has 27 heavy (non-hydrogen) atoms. The lowest BCUT2D eigenvalue weighted by Gasteiger charge is -2.20. The Morgan fingerprint density at radius 1 is 1.59 bits per heavy atom. The zero-order chi connectivity index (χ0) is 20.0. The minimum atomic E-state index is -2.49. The molecule has 0 N–H and O–H groups in total.